The van der Waals surface area contributed by atoms with E-state index in [4.69, 9.17) is 0 Å². The van der Waals surface area contributed by atoms with Crippen molar-refractivity contribution in [2.45, 2.75) is 38.0 Å². The molecule has 2 heterocycles. The predicted octanol–water partition coefficient (Wildman–Crippen LogP) is 3.59. The van der Waals surface area contributed by atoms with Gasteiger partial charge in [-0.3, -0.25) is 9.48 Å². The van der Waals surface area contributed by atoms with E-state index >= 15 is 0 Å². The molecule has 2 aromatic rings. The third kappa shape index (κ3) is 6.86. The Balaban J connectivity index is 1.76. The summed E-state index contributed by atoms with van der Waals surface area (Å²) in [4.78, 5) is 15.0. The van der Waals surface area contributed by atoms with Gasteiger partial charge in [-0.05, 0) is 26.0 Å². The molecule has 1 saturated heterocycles. The van der Waals surface area contributed by atoms with Crippen LogP contribution in [-0.2, 0) is 12.7 Å². The number of carbonyl (C=O) groups is 1. The number of hydrogen-bond donors (Lipinski definition) is 2. The molecule has 0 aliphatic carbocycles. The van der Waals surface area contributed by atoms with E-state index in [-0.39, 0.29) is 17.8 Å². The van der Waals surface area contributed by atoms with Gasteiger partial charge in [0.15, 0.2) is 5.69 Å². The van der Waals surface area contributed by atoms with Crippen LogP contribution in [-0.4, -0.2) is 60.2 Å². The molecule has 1 fully saturated rings. The highest BCUT2D eigenvalue weighted by Crippen LogP contribution is 2.32. The number of para-hydroxylation sites is 1. The van der Waals surface area contributed by atoms with Crippen LogP contribution in [0.5, 0.6) is 5.75 Å². The Labute approximate surface area is 192 Å². The molecule has 1 amide bonds. The summed E-state index contributed by atoms with van der Waals surface area (Å²) in [5.74, 6) is -1.38. The van der Waals surface area contributed by atoms with Gasteiger partial charge in [0.1, 0.15) is 11.4 Å². The van der Waals surface area contributed by atoms with Gasteiger partial charge in [0.05, 0.1) is 6.04 Å². The highest BCUT2D eigenvalue weighted by atomic mass is 19.4. The molecule has 0 saturated carbocycles. The maximum Gasteiger partial charge on any atom is 0.573 e. The maximum absolute atomic E-state index is 13.3. The summed E-state index contributed by atoms with van der Waals surface area (Å²) in [6, 6.07) is 5.45. The number of halogens is 6. The average Bonchev–Trinajstić information content (AvgIpc) is 3.22. The van der Waals surface area contributed by atoms with Gasteiger partial charge in [0.25, 0.3) is 5.91 Å². The molecule has 1 aliphatic rings. The molecule has 0 unspecified atom stereocenters. The third-order valence-corrected chi connectivity index (χ3v) is 5.48. The minimum absolute atomic E-state index is 0.0214. The molecular weight excluding hydrogens is 468 g/mol. The molecule has 2 N–H and O–H groups in total. The van der Waals surface area contributed by atoms with Crippen LogP contribution in [0.15, 0.2) is 30.3 Å². The zero-order valence-corrected chi connectivity index (χ0v) is 18.3. The van der Waals surface area contributed by atoms with Crippen LogP contribution in [0, 0.1) is 0 Å². The molecular formula is C21H25F6N5O2. The number of amides is 1. The van der Waals surface area contributed by atoms with Crippen molar-refractivity contribution in [3.8, 4) is 5.75 Å². The third-order valence-electron chi connectivity index (χ3n) is 5.48. The summed E-state index contributed by atoms with van der Waals surface area (Å²) in [5, 5.41) is 9.09. The number of alkyl halides is 6. The number of carbonyl (C=O) groups excluding carboxylic acids is 1. The lowest BCUT2D eigenvalue weighted by atomic mass is 10.0. The van der Waals surface area contributed by atoms with Crippen molar-refractivity contribution in [2.24, 2.45) is 0 Å². The van der Waals surface area contributed by atoms with Gasteiger partial charge in [0, 0.05) is 44.4 Å². The van der Waals surface area contributed by atoms with Crippen molar-refractivity contribution in [2.75, 3.05) is 33.2 Å². The summed E-state index contributed by atoms with van der Waals surface area (Å²) in [6.07, 6.45) is -8.67. The zero-order valence-electron chi connectivity index (χ0n) is 18.3. The second-order valence-electron chi connectivity index (χ2n) is 7.87. The van der Waals surface area contributed by atoms with Gasteiger partial charge in [-0.15, -0.1) is 13.2 Å². The van der Waals surface area contributed by atoms with Crippen LogP contribution in [0.4, 0.5) is 26.3 Å². The summed E-state index contributed by atoms with van der Waals surface area (Å²) in [7, 11) is 1.83. The molecule has 1 aromatic heterocycles. The molecule has 34 heavy (non-hydrogen) atoms. The quantitative estimate of drug-likeness (QED) is 0.551. The minimum atomic E-state index is -4.93. The first-order chi connectivity index (χ1) is 16.0. The molecule has 3 rings (SSSR count). The van der Waals surface area contributed by atoms with E-state index in [2.05, 4.69) is 25.4 Å². The molecule has 0 radical (unpaired) electrons. The minimum Gasteiger partial charge on any atom is -0.405 e. The molecule has 1 aliphatic heterocycles. The van der Waals surface area contributed by atoms with Crippen LogP contribution in [0.3, 0.4) is 0 Å². The van der Waals surface area contributed by atoms with Crippen LogP contribution in [0.25, 0.3) is 0 Å². The Morgan fingerprint density at radius 2 is 1.82 bits per heavy atom. The number of benzene rings is 1. The predicted molar refractivity (Wildman–Crippen MR) is 110 cm³/mol. The number of likely N-dealkylation sites (tertiary alicyclic amines) is 1. The Morgan fingerprint density at radius 1 is 1.15 bits per heavy atom. The van der Waals surface area contributed by atoms with E-state index in [1.807, 2.05) is 7.05 Å². The van der Waals surface area contributed by atoms with Crippen LogP contribution in [0.1, 0.15) is 40.6 Å². The number of aromatic nitrogens is 2. The van der Waals surface area contributed by atoms with Crippen molar-refractivity contribution in [3.63, 3.8) is 0 Å². The highest BCUT2D eigenvalue weighted by molar-refractivity contribution is 5.92. The lowest BCUT2D eigenvalue weighted by Gasteiger charge is -2.32. The van der Waals surface area contributed by atoms with Crippen molar-refractivity contribution >= 4 is 5.91 Å². The summed E-state index contributed by atoms with van der Waals surface area (Å²) >= 11 is 0. The summed E-state index contributed by atoms with van der Waals surface area (Å²) in [6.45, 7) is 2.47. The Kier molecular flexibility index (Phi) is 8.08. The second-order valence-corrected chi connectivity index (χ2v) is 7.87. The molecule has 13 heteroatoms. The van der Waals surface area contributed by atoms with Crippen molar-refractivity contribution in [1.82, 2.24) is 25.3 Å². The molecule has 7 nitrogen and oxygen atoms in total. The average molecular weight is 493 g/mol. The standard InChI is InChI=1S/C21H25F6N5O2/c1-28-8-11-31-9-6-15(7-10-31)32-16(12-18(30-32)20(22,23)24)19(33)29-13-14-4-2-3-5-17(14)34-21(25,26)27/h2-5,12,15,28H,6-11,13H2,1H3,(H,29,33). The van der Waals surface area contributed by atoms with Crippen molar-refractivity contribution in [3.05, 3.63) is 47.3 Å². The smallest absolute Gasteiger partial charge is 0.405 e. The van der Waals surface area contributed by atoms with Crippen LogP contribution in [0.2, 0.25) is 0 Å². The first-order valence-corrected chi connectivity index (χ1v) is 10.6. The van der Waals surface area contributed by atoms with E-state index in [1.165, 1.54) is 18.2 Å². The van der Waals surface area contributed by atoms with Gasteiger partial charge >= 0.3 is 12.5 Å². The first kappa shape index (κ1) is 25.8. The molecule has 0 spiro atoms. The maximum atomic E-state index is 13.3. The number of nitrogens with one attached hydrogen (secondary N) is 2. The fourth-order valence-corrected chi connectivity index (χ4v) is 3.78. The van der Waals surface area contributed by atoms with E-state index in [9.17, 15) is 31.1 Å². The van der Waals surface area contributed by atoms with E-state index < -0.39 is 35.9 Å². The first-order valence-electron chi connectivity index (χ1n) is 10.6. The Morgan fingerprint density at radius 3 is 2.44 bits per heavy atom. The fraction of sp³-hybridized carbons (Fsp3) is 0.524. The number of ether oxygens (including phenoxy) is 1. The largest absolute Gasteiger partial charge is 0.573 e. The Hall–Kier alpha value is -2.80. The molecule has 0 bridgehead atoms. The van der Waals surface area contributed by atoms with Gasteiger partial charge in [-0.1, -0.05) is 18.2 Å². The number of piperidine rings is 1. The number of hydrogen-bond acceptors (Lipinski definition) is 5. The van der Waals surface area contributed by atoms with Crippen molar-refractivity contribution in [1.29, 1.82) is 0 Å². The van der Waals surface area contributed by atoms with Crippen LogP contribution < -0.4 is 15.4 Å². The number of likely N-dealkylation sites (N-methyl/N-ethyl adjacent to an activating group) is 1. The second kappa shape index (κ2) is 10.6. The number of nitrogens with zero attached hydrogens (tertiary/aromatic N) is 3. The Bertz CT molecular complexity index is 967. The monoisotopic (exact) mass is 493 g/mol. The summed E-state index contributed by atoms with van der Waals surface area (Å²) in [5.41, 5.74) is -1.47. The van der Waals surface area contributed by atoms with Gasteiger partial charge in [-0.25, -0.2) is 0 Å². The highest BCUT2D eigenvalue weighted by Gasteiger charge is 2.37. The van der Waals surface area contributed by atoms with E-state index in [0.717, 1.165) is 23.8 Å². The normalized spacial score (nSPS) is 16.0. The van der Waals surface area contributed by atoms with Gasteiger partial charge in [0.2, 0.25) is 0 Å². The number of rotatable bonds is 8. The lowest BCUT2D eigenvalue weighted by molar-refractivity contribution is -0.274. The van der Waals surface area contributed by atoms with Crippen molar-refractivity contribution < 1.29 is 35.9 Å². The van der Waals surface area contributed by atoms with E-state index in [0.29, 0.717) is 32.0 Å². The van der Waals surface area contributed by atoms with Gasteiger partial charge < -0.3 is 20.3 Å². The zero-order chi connectivity index (χ0) is 24.9. The van der Waals surface area contributed by atoms with Crippen LogP contribution >= 0.6 is 0 Å². The fourth-order valence-electron chi connectivity index (χ4n) is 3.78. The lowest BCUT2D eigenvalue weighted by Crippen LogP contribution is -2.39. The van der Waals surface area contributed by atoms with Gasteiger partial charge in [-0.2, -0.15) is 18.3 Å². The molecule has 1 aromatic carbocycles. The van der Waals surface area contributed by atoms with E-state index in [1.54, 1.807) is 0 Å². The topological polar surface area (TPSA) is 71.4 Å². The summed E-state index contributed by atoms with van der Waals surface area (Å²) < 4.78 is 82.9. The SMILES string of the molecule is CNCCN1CCC(n2nc(C(F)(F)F)cc2C(=O)NCc2ccccc2OC(F)(F)F)CC1. The molecule has 188 valence electrons. The molecule has 0 atom stereocenters.